The van der Waals surface area contributed by atoms with Crippen molar-refractivity contribution in [3.05, 3.63) is 47.0 Å². The number of benzene rings is 1. The summed E-state index contributed by atoms with van der Waals surface area (Å²) in [6.45, 7) is 6.44. The van der Waals surface area contributed by atoms with Gasteiger partial charge in [0.2, 0.25) is 0 Å². The molecule has 1 N–H and O–H groups in total. The second kappa shape index (κ2) is 7.57. The first kappa shape index (κ1) is 16.0. The summed E-state index contributed by atoms with van der Waals surface area (Å²) in [4.78, 5) is 0. The molecule has 2 rings (SSSR count). The third-order valence-corrected chi connectivity index (χ3v) is 3.48. The van der Waals surface area contributed by atoms with E-state index in [2.05, 4.69) is 24.3 Å². The average molecular weight is 310 g/mol. The Morgan fingerprint density at radius 2 is 2.19 bits per heavy atom. The molecule has 0 aliphatic heterocycles. The summed E-state index contributed by atoms with van der Waals surface area (Å²) in [7, 11) is 0. The Bertz CT molecular complexity index is 581. The van der Waals surface area contributed by atoms with Crippen molar-refractivity contribution >= 4 is 11.6 Å². The molecule has 1 aromatic heterocycles. The van der Waals surface area contributed by atoms with Gasteiger partial charge >= 0.3 is 0 Å². The van der Waals surface area contributed by atoms with Crippen LogP contribution in [-0.2, 0) is 6.42 Å². The largest absolute Gasteiger partial charge is 0.316 e. The summed E-state index contributed by atoms with van der Waals surface area (Å²) in [5.41, 5.74) is 1.83. The molecule has 114 valence electrons. The topological polar surface area (TPSA) is 29.9 Å². The molecule has 0 saturated heterocycles. The normalized spacial score (nSPS) is 11.3. The van der Waals surface area contributed by atoms with E-state index in [1.165, 1.54) is 6.07 Å². The highest BCUT2D eigenvalue weighted by atomic mass is 35.5. The maximum atomic E-state index is 13.4. The summed E-state index contributed by atoms with van der Waals surface area (Å²) >= 11 is 5.68. The van der Waals surface area contributed by atoms with Gasteiger partial charge in [0, 0.05) is 12.3 Å². The lowest BCUT2D eigenvalue weighted by Gasteiger charge is -2.06. The molecule has 2 aromatic rings. The molecule has 0 fully saturated rings. The van der Waals surface area contributed by atoms with Crippen molar-refractivity contribution in [3.8, 4) is 5.69 Å². The molecule has 0 saturated carbocycles. The van der Waals surface area contributed by atoms with E-state index in [9.17, 15) is 4.39 Å². The van der Waals surface area contributed by atoms with Gasteiger partial charge in [0.25, 0.3) is 0 Å². The second-order valence-corrected chi connectivity index (χ2v) is 6.00. The van der Waals surface area contributed by atoms with Crippen LogP contribution in [-0.4, -0.2) is 22.9 Å². The maximum Gasteiger partial charge on any atom is 0.143 e. The number of aromatic nitrogens is 2. The molecule has 0 atom stereocenters. The van der Waals surface area contributed by atoms with Crippen LogP contribution in [0.15, 0.2) is 30.6 Å². The van der Waals surface area contributed by atoms with Gasteiger partial charge in [-0.25, -0.2) is 9.07 Å². The van der Waals surface area contributed by atoms with Gasteiger partial charge in [0.15, 0.2) is 0 Å². The van der Waals surface area contributed by atoms with E-state index in [0.717, 1.165) is 31.5 Å². The van der Waals surface area contributed by atoms with E-state index in [4.69, 9.17) is 11.6 Å². The van der Waals surface area contributed by atoms with Crippen LogP contribution < -0.4 is 5.32 Å². The fourth-order valence-corrected chi connectivity index (χ4v) is 2.18. The molecule has 0 bridgehead atoms. The van der Waals surface area contributed by atoms with Crippen molar-refractivity contribution < 1.29 is 4.39 Å². The zero-order chi connectivity index (χ0) is 15.2. The standard InChI is InChI=1S/C16H21ClFN3/c1-12(2)9-19-7-3-4-13-10-20-21(11-13)14-5-6-15(17)16(18)8-14/h5-6,8,10-12,19H,3-4,7,9H2,1-2H3. The molecule has 0 unspecified atom stereocenters. The maximum absolute atomic E-state index is 13.4. The molecular weight excluding hydrogens is 289 g/mol. The van der Waals surface area contributed by atoms with Gasteiger partial charge in [-0.1, -0.05) is 25.4 Å². The van der Waals surface area contributed by atoms with Crippen molar-refractivity contribution in [2.24, 2.45) is 5.92 Å². The molecule has 5 heteroatoms. The number of hydrogen-bond donors (Lipinski definition) is 1. The molecule has 0 aliphatic rings. The zero-order valence-corrected chi connectivity index (χ0v) is 13.2. The van der Waals surface area contributed by atoms with Gasteiger partial charge < -0.3 is 5.32 Å². The first-order chi connectivity index (χ1) is 10.1. The highest BCUT2D eigenvalue weighted by molar-refractivity contribution is 6.30. The van der Waals surface area contributed by atoms with E-state index in [-0.39, 0.29) is 5.02 Å². The summed E-state index contributed by atoms with van der Waals surface area (Å²) < 4.78 is 15.1. The van der Waals surface area contributed by atoms with Crippen molar-refractivity contribution in [2.45, 2.75) is 26.7 Å². The minimum atomic E-state index is -0.427. The van der Waals surface area contributed by atoms with Crippen LogP contribution in [0.4, 0.5) is 4.39 Å². The fourth-order valence-electron chi connectivity index (χ4n) is 2.07. The third kappa shape index (κ3) is 4.83. The number of aryl methyl sites for hydroxylation is 1. The highest BCUT2D eigenvalue weighted by Gasteiger charge is 2.05. The monoisotopic (exact) mass is 309 g/mol. The van der Waals surface area contributed by atoms with E-state index >= 15 is 0 Å². The average Bonchev–Trinajstić information content (AvgIpc) is 2.90. The van der Waals surface area contributed by atoms with Crippen LogP contribution >= 0.6 is 11.6 Å². The first-order valence-electron chi connectivity index (χ1n) is 7.26. The van der Waals surface area contributed by atoms with Crippen LogP contribution in [0, 0.1) is 11.7 Å². The first-order valence-corrected chi connectivity index (χ1v) is 7.63. The Morgan fingerprint density at radius 1 is 1.38 bits per heavy atom. The summed E-state index contributed by atoms with van der Waals surface area (Å²) in [5, 5.41) is 7.81. The lowest BCUT2D eigenvalue weighted by molar-refractivity contribution is 0.543. The SMILES string of the molecule is CC(C)CNCCCc1cnn(-c2ccc(Cl)c(F)c2)c1. The molecule has 0 spiro atoms. The van der Waals surface area contributed by atoms with Gasteiger partial charge in [-0.05, 0) is 49.5 Å². The predicted molar refractivity (Wildman–Crippen MR) is 84.6 cm³/mol. The van der Waals surface area contributed by atoms with Crippen LogP contribution in [0.1, 0.15) is 25.8 Å². The summed E-state index contributed by atoms with van der Waals surface area (Å²) in [5.74, 6) is 0.247. The minimum absolute atomic E-state index is 0.127. The number of nitrogens with one attached hydrogen (secondary N) is 1. The van der Waals surface area contributed by atoms with Gasteiger partial charge in [-0.3, -0.25) is 0 Å². The Hall–Kier alpha value is -1.39. The third-order valence-electron chi connectivity index (χ3n) is 3.18. The predicted octanol–water partition coefficient (Wildman–Crippen LogP) is 3.84. The lowest BCUT2D eigenvalue weighted by atomic mass is 10.2. The molecule has 3 nitrogen and oxygen atoms in total. The van der Waals surface area contributed by atoms with E-state index in [1.54, 1.807) is 16.8 Å². The van der Waals surface area contributed by atoms with Crippen LogP contribution in [0.2, 0.25) is 5.02 Å². The van der Waals surface area contributed by atoms with Gasteiger partial charge in [0.1, 0.15) is 5.82 Å². The molecule has 0 radical (unpaired) electrons. The van der Waals surface area contributed by atoms with E-state index < -0.39 is 5.82 Å². The number of halogens is 2. The molecule has 1 heterocycles. The van der Waals surface area contributed by atoms with Crippen LogP contribution in [0.3, 0.4) is 0 Å². The quantitative estimate of drug-likeness (QED) is 0.787. The van der Waals surface area contributed by atoms with Crippen molar-refractivity contribution in [1.29, 1.82) is 0 Å². The number of rotatable bonds is 7. The summed E-state index contributed by atoms with van der Waals surface area (Å²) in [6, 6.07) is 4.69. The molecule has 0 amide bonds. The Balaban J connectivity index is 1.87. The van der Waals surface area contributed by atoms with Crippen LogP contribution in [0.5, 0.6) is 0 Å². The smallest absolute Gasteiger partial charge is 0.143 e. The van der Waals surface area contributed by atoms with E-state index in [0.29, 0.717) is 11.6 Å². The highest BCUT2D eigenvalue weighted by Crippen LogP contribution is 2.18. The van der Waals surface area contributed by atoms with Gasteiger partial charge in [-0.15, -0.1) is 0 Å². The molecular formula is C16H21ClFN3. The number of nitrogens with zero attached hydrogens (tertiary/aromatic N) is 2. The number of hydrogen-bond acceptors (Lipinski definition) is 2. The van der Waals surface area contributed by atoms with Crippen molar-refractivity contribution in [3.63, 3.8) is 0 Å². The van der Waals surface area contributed by atoms with E-state index in [1.807, 2.05) is 12.4 Å². The Kier molecular flexibility index (Phi) is 5.76. The molecule has 1 aromatic carbocycles. The Morgan fingerprint density at radius 3 is 2.90 bits per heavy atom. The van der Waals surface area contributed by atoms with Crippen LogP contribution in [0.25, 0.3) is 5.69 Å². The fraction of sp³-hybridized carbons (Fsp3) is 0.438. The van der Waals surface area contributed by atoms with Crippen molar-refractivity contribution in [2.75, 3.05) is 13.1 Å². The van der Waals surface area contributed by atoms with Gasteiger partial charge in [0.05, 0.1) is 16.9 Å². The zero-order valence-electron chi connectivity index (χ0n) is 12.4. The second-order valence-electron chi connectivity index (χ2n) is 5.59. The molecule has 0 aliphatic carbocycles. The minimum Gasteiger partial charge on any atom is -0.316 e. The van der Waals surface area contributed by atoms with Gasteiger partial charge in [-0.2, -0.15) is 5.10 Å². The molecule has 21 heavy (non-hydrogen) atoms. The summed E-state index contributed by atoms with van der Waals surface area (Å²) in [6.07, 6.45) is 5.79. The Labute approximate surface area is 130 Å². The van der Waals surface area contributed by atoms with Crippen molar-refractivity contribution in [1.82, 2.24) is 15.1 Å². The lowest BCUT2D eigenvalue weighted by Crippen LogP contribution is -2.20.